The van der Waals surface area contributed by atoms with E-state index in [1.807, 2.05) is 6.07 Å². The fourth-order valence-corrected chi connectivity index (χ4v) is 3.89. The summed E-state index contributed by atoms with van der Waals surface area (Å²) in [4.78, 5) is 16.5. The number of rotatable bonds is 10. The van der Waals surface area contributed by atoms with Gasteiger partial charge < -0.3 is 24.4 Å². The molecule has 4 rings (SSSR count). The second kappa shape index (κ2) is 11.1. The van der Waals surface area contributed by atoms with E-state index in [0.29, 0.717) is 45.9 Å². The normalized spacial score (nSPS) is 12.0. The fourth-order valence-electron chi connectivity index (χ4n) is 3.89. The van der Waals surface area contributed by atoms with Gasteiger partial charge in [0.1, 0.15) is 29.9 Å². The molecule has 0 saturated heterocycles. The average molecular weight is 479 g/mol. The van der Waals surface area contributed by atoms with E-state index < -0.39 is 11.8 Å². The van der Waals surface area contributed by atoms with E-state index in [1.165, 1.54) is 6.26 Å². The number of para-hydroxylation sites is 1. The summed E-state index contributed by atoms with van der Waals surface area (Å²) in [5.74, 6) is -0.370. The highest BCUT2D eigenvalue weighted by Crippen LogP contribution is 2.35. The highest BCUT2D eigenvalue weighted by Gasteiger charge is 2.19. The Morgan fingerprint density at radius 1 is 1.17 bits per heavy atom. The molecule has 1 unspecified atom stereocenters. The molecule has 0 aliphatic heterocycles. The maximum atomic E-state index is 15.8. The van der Waals surface area contributed by atoms with Crippen LogP contribution in [0.1, 0.15) is 23.7 Å². The Hall–Kier alpha value is -3.75. The van der Waals surface area contributed by atoms with Gasteiger partial charge in [0.05, 0.1) is 30.5 Å². The molecule has 8 heteroatoms. The molecule has 35 heavy (non-hydrogen) atoms. The molecule has 2 N–H and O–H groups in total. The fraction of sp³-hybridized carbons (Fsp3) is 0.259. The van der Waals surface area contributed by atoms with Crippen LogP contribution >= 0.6 is 0 Å². The molecule has 0 spiro atoms. The smallest absolute Gasteiger partial charge is 0.310 e. The topological polar surface area (TPSA) is 96.8 Å². The lowest BCUT2D eigenvalue weighted by Gasteiger charge is -2.15. The molecule has 0 aliphatic carbocycles. The van der Waals surface area contributed by atoms with Crippen LogP contribution in [-0.4, -0.2) is 30.8 Å². The molecule has 182 valence electrons. The minimum absolute atomic E-state index is 0.0254. The van der Waals surface area contributed by atoms with Crippen molar-refractivity contribution in [3.63, 3.8) is 0 Å². The first-order valence-electron chi connectivity index (χ1n) is 11.2. The number of carbonyl (C=O) groups excluding carboxylic acids is 1. The maximum absolute atomic E-state index is 15.8. The minimum Gasteiger partial charge on any atom is -0.488 e. The van der Waals surface area contributed by atoms with Crippen molar-refractivity contribution in [3.05, 3.63) is 83.6 Å². The molecule has 4 aromatic rings. The molecule has 2 aromatic carbocycles. The van der Waals surface area contributed by atoms with Crippen LogP contribution in [0.25, 0.3) is 22.1 Å². The summed E-state index contributed by atoms with van der Waals surface area (Å²) in [5, 5.41) is 0.745. The van der Waals surface area contributed by atoms with Crippen molar-refractivity contribution in [3.8, 4) is 16.9 Å². The predicted octanol–water partition coefficient (Wildman–Crippen LogP) is 4.79. The van der Waals surface area contributed by atoms with Crippen LogP contribution in [0.5, 0.6) is 5.75 Å². The highest BCUT2D eigenvalue weighted by molar-refractivity contribution is 5.93. The van der Waals surface area contributed by atoms with E-state index in [4.69, 9.17) is 24.4 Å². The second-order valence-electron chi connectivity index (χ2n) is 8.13. The lowest BCUT2D eigenvalue weighted by Crippen LogP contribution is -2.21. The van der Waals surface area contributed by atoms with Gasteiger partial charge in [0, 0.05) is 36.4 Å². The second-order valence-corrected chi connectivity index (χ2v) is 8.13. The molecule has 2 heterocycles. The summed E-state index contributed by atoms with van der Waals surface area (Å²) >= 11 is 0. The molecule has 7 nitrogen and oxygen atoms in total. The van der Waals surface area contributed by atoms with Gasteiger partial charge >= 0.3 is 5.97 Å². The van der Waals surface area contributed by atoms with Gasteiger partial charge in [-0.15, -0.1) is 0 Å². The summed E-state index contributed by atoms with van der Waals surface area (Å²) < 4.78 is 37.7. The van der Waals surface area contributed by atoms with Gasteiger partial charge in [-0.1, -0.05) is 18.2 Å². The van der Waals surface area contributed by atoms with Crippen LogP contribution in [0.15, 0.2) is 65.4 Å². The SMILES string of the molecule is COCC(C)OC(=O)Cc1ccccc1OCc1cc2ccoc2c(-c2ccnc(CN)c2)c1F. The zero-order valence-electron chi connectivity index (χ0n) is 19.6. The summed E-state index contributed by atoms with van der Waals surface area (Å²) in [6, 6.07) is 14.1. The van der Waals surface area contributed by atoms with Crippen molar-refractivity contribution < 1.29 is 27.8 Å². The molecule has 0 amide bonds. The van der Waals surface area contributed by atoms with Gasteiger partial charge in [0.15, 0.2) is 0 Å². The summed E-state index contributed by atoms with van der Waals surface area (Å²) in [6.45, 7) is 2.27. The summed E-state index contributed by atoms with van der Waals surface area (Å²) in [5.41, 5.74) is 8.75. The average Bonchev–Trinajstić information content (AvgIpc) is 3.31. The Kier molecular flexibility index (Phi) is 7.74. The number of nitrogens with zero attached hydrogens (tertiary/aromatic N) is 1. The quantitative estimate of drug-likeness (QED) is 0.327. The number of carbonyl (C=O) groups is 1. The van der Waals surface area contributed by atoms with Crippen molar-refractivity contribution in [1.82, 2.24) is 4.98 Å². The first-order valence-corrected chi connectivity index (χ1v) is 11.2. The van der Waals surface area contributed by atoms with E-state index in [-0.39, 0.29) is 25.7 Å². The molecule has 2 aromatic heterocycles. The van der Waals surface area contributed by atoms with Gasteiger partial charge in [-0.3, -0.25) is 9.78 Å². The van der Waals surface area contributed by atoms with E-state index in [9.17, 15) is 4.79 Å². The van der Waals surface area contributed by atoms with Gasteiger partial charge in [-0.25, -0.2) is 4.39 Å². The highest BCUT2D eigenvalue weighted by atomic mass is 19.1. The molecule has 0 radical (unpaired) electrons. The number of fused-ring (bicyclic) bond motifs is 1. The number of aromatic nitrogens is 1. The Bertz CT molecular complexity index is 1320. The number of benzene rings is 2. The number of hydrogen-bond donors (Lipinski definition) is 1. The molecule has 0 fully saturated rings. The van der Waals surface area contributed by atoms with Crippen molar-refractivity contribution in [2.75, 3.05) is 13.7 Å². The standard InChI is InChI=1S/C27H27FN2O5/c1-17(15-32-2)35-24(31)13-18-5-3-4-6-23(18)34-16-21-11-20-8-10-33-27(20)25(26(21)28)19-7-9-30-22(12-19)14-29/h3-12,17H,13-16,29H2,1-2H3. The molecular weight excluding hydrogens is 451 g/mol. The van der Waals surface area contributed by atoms with Crippen LogP contribution < -0.4 is 10.5 Å². The lowest BCUT2D eigenvalue weighted by atomic mass is 9.99. The Morgan fingerprint density at radius 2 is 2.00 bits per heavy atom. The number of halogens is 1. The maximum Gasteiger partial charge on any atom is 0.310 e. The molecule has 0 aliphatic rings. The third-order valence-electron chi connectivity index (χ3n) is 5.49. The zero-order chi connectivity index (χ0) is 24.8. The third kappa shape index (κ3) is 5.67. The van der Waals surface area contributed by atoms with Crippen molar-refractivity contribution in [2.45, 2.75) is 32.6 Å². The van der Waals surface area contributed by atoms with Gasteiger partial charge in [0.2, 0.25) is 0 Å². The number of nitrogens with two attached hydrogens (primary N) is 1. The summed E-state index contributed by atoms with van der Waals surface area (Å²) in [7, 11) is 1.55. The predicted molar refractivity (Wildman–Crippen MR) is 129 cm³/mol. The number of pyridine rings is 1. The van der Waals surface area contributed by atoms with Crippen molar-refractivity contribution in [1.29, 1.82) is 0 Å². The van der Waals surface area contributed by atoms with E-state index in [0.717, 1.165) is 5.39 Å². The van der Waals surface area contributed by atoms with E-state index >= 15 is 4.39 Å². The minimum atomic E-state index is -0.452. The van der Waals surface area contributed by atoms with Gasteiger partial charge in [0.25, 0.3) is 0 Å². The van der Waals surface area contributed by atoms with E-state index in [2.05, 4.69) is 4.98 Å². The Balaban J connectivity index is 1.59. The first kappa shape index (κ1) is 24.4. The molecule has 1 atom stereocenters. The number of methoxy groups -OCH3 is 1. The van der Waals surface area contributed by atoms with Crippen LogP contribution in [0.2, 0.25) is 0 Å². The lowest BCUT2D eigenvalue weighted by molar-refractivity contribution is -0.149. The summed E-state index contributed by atoms with van der Waals surface area (Å²) in [6.07, 6.45) is 2.78. The monoisotopic (exact) mass is 478 g/mol. The van der Waals surface area contributed by atoms with Crippen LogP contribution in [-0.2, 0) is 33.8 Å². The Labute approximate surface area is 202 Å². The van der Waals surface area contributed by atoms with Gasteiger partial charge in [-0.05, 0) is 42.8 Å². The molecule has 0 bridgehead atoms. The number of esters is 1. The van der Waals surface area contributed by atoms with Crippen LogP contribution in [0.4, 0.5) is 4.39 Å². The van der Waals surface area contributed by atoms with Crippen molar-refractivity contribution >= 4 is 16.9 Å². The molecule has 0 saturated carbocycles. The van der Waals surface area contributed by atoms with Crippen LogP contribution in [0, 0.1) is 5.82 Å². The molecular formula is C27H27FN2O5. The third-order valence-corrected chi connectivity index (χ3v) is 5.49. The zero-order valence-corrected chi connectivity index (χ0v) is 19.6. The number of ether oxygens (including phenoxy) is 3. The number of furan rings is 1. The number of hydrogen-bond acceptors (Lipinski definition) is 7. The van der Waals surface area contributed by atoms with E-state index in [1.54, 1.807) is 62.7 Å². The van der Waals surface area contributed by atoms with Crippen LogP contribution in [0.3, 0.4) is 0 Å². The van der Waals surface area contributed by atoms with Gasteiger partial charge in [-0.2, -0.15) is 0 Å². The Morgan fingerprint density at radius 3 is 2.80 bits per heavy atom. The van der Waals surface area contributed by atoms with Crippen molar-refractivity contribution in [2.24, 2.45) is 5.73 Å². The largest absolute Gasteiger partial charge is 0.488 e. The first-order chi connectivity index (χ1) is 17.0.